The summed E-state index contributed by atoms with van der Waals surface area (Å²) in [7, 11) is -1.34. The highest BCUT2D eigenvalue weighted by atomic mass is 16.4. The van der Waals surface area contributed by atoms with Gasteiger partial charge in [0.1, 0.15) is 0 Å². The lowest BCUT2D eigenvalue weighted by Gasteiger charge is -2.35. The van der Waals surface area contributed by atoms with Crippen LogP contribution in [0.1, 0.15) is 37.7 Å². The van der Waals surface area contributed by atoms with Crippen molar-refractivity contribution in [1.82, 2.24) is 0 Å². The molecule has 0 atom stereocenters. The van der Waals surface area contributed by atoms with Gasteiger partial charge in [-0.05, 0) is 35.7 Å². The summed E-state index contributed by atoms with van der Waals surface area (Å²) in [6, 6.07) is 7.65. The van der Waals surface area contributed by atoms with Gasteiger partial charge < -0.3 is 10.0 Å². The summed E-state index contributed by atoms with van der Waals surface area (Å²) in [5.41, 5.74) is 1.91. The van der Waals surface area contributed by atoms with E-state index in [1.54, 1.807) is 12.1 Å². The Kier molecular flexibility index (Phi) is 3.12. The zero-order chi connectivity index (χ0) is 10.8. The third kappa shape index (κ3) is 2.24. The van der Waals surface area contributed by atoms with Crippen LogP contribution in [0.2, 0.25) is 0 Å². The van der Waals surface area contributed by atoms with Crippen molar-refractivity contribution in [2.45, 2.75) is 32.1 Å². The Morgan fingerprint density at radius 2 is 1.80 bits per heavy atom. The maximum absolute atomic E-state index is 8.96. The molecule has 0 amide bonds. The second-order valence-corrected chi connectivity index (χ2v) is 4.48. The van der Waals surface area contributed by atoms with Crippen molar-refractivity contribution in [3.05, 3.63) is 29.8 Å². The second kappa shape index (κ2) is 4.37. The Morgan fingerprint density at radius 1 is 1.20 bits per heavy atom. The number of rotatable bonds is 3. The largest absolute Gasteiger partial charge is 0.488 e. The molecule has 0 aromatic heterocycles. The van der Waals surface area contributed by atoms with E-state index in [4.69, 9.17) is 10.0 Å². The molecule has 0 aliphatic heterocycles. The molecule has 80 valence electrons. The van der Waals surface area contributed by atoms with Crippen LogP contribution in [0.4, 0.5) is 0 Å². The highest BCUT2D eigenvalue weighted by molar-refractivity contribution is 6.58. The van der Waals surface area contributed by atoms with Crippen molar-refractivity contribution in [2.75, 3.05) is 0 Å². The fourth-order valence-corrected chi connectivity index (χ4v) is 2.28. The molecule has 2 rings (SSSR count). The van der Waals surface area contributed by atoms with Crippen LogP contribution in [-0.4, -0.2) is 17.2 Å². The summed E-state index contributed by atoms with van der Waals surface area (Å²) in [6.07, 6.45) is 3.86. The molecule has 0 bridgehead atoms. The highest BCUT2D eigenvalue weighted by Gasteiger charge is 2.28. The van der Waals surface area contributed by atoms with Gasteiger partial charge in [-0.3, -0.25) is 0 Å². The van der Waals surface area contributed by atoms with Gasteiger partial charge in [0.2, 0.25) is 0 Å². The van der Waals surface area contributed by atoms with E-state index in [0.717, 1.165) is 5.92 Å². The minimum Gasteiger partial charge on any atom is -0.423 e. The highest BCUT2D eigenvalue weighted by Crippen LogP contribution is 2.42. The molecule has 0 radical (unpaired) electrons. The summed E-state index contributed by atoms with van der Waals surface area (Å²) in [4.78, 5) is 0. The average Bonchev–Trinajstić information content (AvgIpc) is 2.17. The Balaban J connectivity index is 1.99. The van der Waals surface area contributed by atoms with Crippen LogP contribution >= 0.6 is 0 Å². The smallest absolute Gasteiger partial charge is 0.423 e. The number of hydrogen-bond donors (Lipinski definition) is 2. The van der Waals surface area contributed by atoms with Gasteiger partial charge in [-0.2, -0.15) is 0 Å². The Hall–Kier alpha value is -0.795. The van der Waals surface area contributed by atoms with Gasteiger partial charge >= 0.3 is 7.12 Å². The zero-order valence-corrected chi connectivity index (χ0v) is 9.06. The average molecular weight is 204 g/mol. The van der Waals surface area contributed by atoms with E-state index in [2.05, 4.69) is 6.92 Å². The van der Waals surface area contributed by atoms with Crippen molar-refractivity contribution in [1.29, 1.82) is 0 Å². The van der Waals surface area contributed by atoms with E-state index >= 15 is 0 Å². The third-order valence-electron chi connectivity index (χ3n) is 3.52. The summed E-state index contributed by atoms with van der Waals surface area (Å²) in [5.74, 6) is 1.60. The number of hydrogen-bond acceptors (Lipinski definition) is 2. The van der Waals surface area contributed by atoms with Crippen molar-refractivity contribution >= 4 is 12.6 Å². The van der Waals surface area contributed by atoms with E-state index in [-0.39, 0.29) is 0 Å². The van der Waals surface area contributed by atoms with Gasteiger partial charge in [0.05, 0.1) is 0 Å². The molecule has 1 aromatic carbocycles. The monoisotopic (exact) mass is 204 g/mol. The van der Waals surface area contributed by atoms with Crippen LogP contribution in [0, 0.1) is 5.92 Å². The molecule has 0 saturated heterocycles. The lowest BCUT2D eigenvalue weighted by molar-refractivity contribution is 0.256. The molecule has 15 heavy (non-hydrogen) atoms. The first kappa shape index (κ1) is 10.7. The van der Waals surface area contributed by atoms with E-state index in [1.165, 1.54) is 24.8 Å². The fourth-order valence-electron chi connectivity index (χ4n) is 2.28. The van der Waals surface area contributed by atoms with Crippen LogP contribution in [-0.2, 0) is 0 Å². The standard InChI is InChI=1S/C12H17BO2/c1-2-9-7-11(8-9)10-3-5-12(6-4-10)13(14)15/h3-6,9,11,14-15H,2,7-8H2,1H3. The van der Waals surface area contributed by atoms with Gasteiger partial charge in [0.15, 0.2) is 0 Å². The number of benzene rings is 1. The predicted octanol–water partition coefficient (Wildman–Crippen LogP) is 1.27. The normalized spacial score (nSPS) is 24.7. The first-order chi connectivity index (χ1) is 7.20. The molecular weight excluding hydrogens is 187 g/mol. The van der Waals surface area contributed by atoms with Gasteiger partial charge in [-0.15, -0.1) is 0 Å². The maximum Gasteiger partial charge on any atom is 0.488 e. The molecule has 1 aromatic rings. The topological polar surface area (TPSA) is 40.5 Å². The lowest BCUT2D eigenvalue weighted by Crippen LogP contribution is -2.30. The molecule has 1 fully saturated rings. The first-order valence-corrected chi connectivity index (χ1v) is 5.66. The molecule has 3 heteroatoms. The minimum absolute atomic E-state index is 0.574. The van der Waals surface area contributed by atoms with E-state index in [9.17, 15) is 0 Å². The summed E-state index contributed by atoms with van der Waals surface area (Å²) < 4.78 is 0. The zero-order valence-electron chi connectivity index (χ0n) is 9.06. The second-order valence-electron chi connectivity index (χ2n) is 4.48. The van der Waals surface area contributed by atoms with Gasteiger partial charge in [0.25, 0.3) is 0 Å². The fraction of sp³-hybridized carbons (Fsp3) is 0.500. The Labute approximate surface area is 91.1 Å². The van der Waals surface area contributed by atoms with Gasteiger partial charge in [-0.25, -0.2) is 0 Å². The SMILES string of the molecule is CCC1CC(c2ccc(B(O)O)cc2)C1. The Morgan fingerprint density at radius 3 is 2.27 bits per heavy atom. The molecule has 2 N–H and O–H groups in total. The van der Waals surface area contributed by atoms with Gasteiger partial charge in [0, 0.05) is 0 Å². The van der Waals surface area contributed by atoms with Gasteiger partial charge in [-0.1, -0.05) is 37.6 Å². The van der Waals surface area contributed by atoms with E-state index in [1.807, 2.05) is 12.1 Å². The molecule has 1 saturated carbocycles. The summed E-state index contributed by atoms with van der Waals surface area (Å²) in [6.45, 7) is 2.24. The molecule has 0 heterocycles. The molecule has 0 spiro atoms. The van der Waals surface area contributed by atoms with Crippen molar-refractivity contribution in [3.8, 4) is 0 Å². The molecule has 1 aliphatic rings. The molecule has 2 nitrogen and oxygen atoms in total. The maximum atomic E-state index is 8.96. The Bertz CT molecular complexity index is 315. The van der Waals surface area contributed by atoms with Crippen molar-refractivity contribution < 1.29 is 10.0 Å². The van der Waals surface area contributed by atoms with Crippen LogP contribution in [0.15, 0.2) is 24.3 Å². The van der Waals surface area contributed by atoms with Crippen molar-refractivity contribution in [3.63, 3.8) is 0 Å². The molecule has 1 aliphatic carbocycles. The minimum atomic E-state index is -1.34. The van der Waals surface area contributed by atoms with Crippen LogP contribution < -0.4 is 5.46 Å². The van der Waals surface area contributed by atoms with Crippen LogP contribution in [0.3, 0.4) is 0 Å². The van der Waals surface area contributed by atoms with E-state index < -0.39 is 7.12 Å². The first-order valence-electron chi connectivity index (χ1n) is 5.66. The summed E-state index contributed by atoms with van der Waals surface area (Å²) >= 11 is 0. The molecular formula is C12H17BO2. The predicted molar refractivity (Wildman–Crippen MR) is 62.0 cm³/mol. The van der Waals surface area contributed by atoms with Crippen molar-refractivity contribution in [2.24, 2.45) is 5.92 Å². The van der Waals surface area contributed by atoms with Crippen LogP contribution in [0.25, 0.3) is 0 Å². The van der Waals surface area contributed by atoms with E-state index in [0.29, 0.717) is 11.4 Å². The lowest BCUT2D eigenvalue weighted by atomic mass is 9.69. The quantitative estimate of drug-likeness (QED) is 0.728. The molecule has 0 unspecified atom stereocenters. The third-order valence-corrected chi connectivity index (χ3v) is 3.52. The summed E-state index contributed by atoms with van der Waals surface area (Å²) in [5, 5.41) is 17.9. The van der Waals surface area contributed by atoms with Crippen LogP contribution in [0.5, 0.6) is 0 Å².